The Labute approximate surface area is 120 Å². The number of halogens is 1. The van der Waals surface area contributed by atoms with E-state index in [1.54, 1.807) is 12.1 Å². The van der Waals surface area contributed by atoms with E-state index in [4.69, 9.17) is 26.8 Å². The van der Waals surface area contributed by atoms with Crippen LogP contribution in [0.3, 0.4) is 0 Å². The Balaban J connectivity index is 2.92. The second kappa shape index (κ2) is 7.34. The first-order valence-corrected chi connectivity index (χ1v) is 6.00. The molecule has 2 amide bonds. The van der Waals surface area contributed by atoms with Gasteiger partial charge in [-0.2, -0.15) is 5.10 Å². The highest BCUT2D eigenvalue weighted by molar-refractivity contribution is 6.34. The van der Waals surface area contributed by atoms with Gasteiger partial charge < -0.3 is 15.2 Å². The monoisotopic (exact) mass is 299 g/mol. The van der Waals surface area contributed by atoms with Crippen LogP contribution >= 0.6 is 11.6 Å². The number of primary amides is 1. The Morgan fingerprint density at radius 2 is 2.20 bits per heavy atom. The van der Waals surface area contributed by atoms with Crippen molar-refractivity contribution in [2.45, 2.75) is 6.92 Å². The molecule has 0 heterocycles. The van der Waals surface area contributed by atoms with Crippen molar-refractivity contribution in [3.05, 3.63) is 22.7 Å². The molecule has 0 saturated heterocycles. The summed E-state index contributed by atoms with van der Waals surface area (Å²) in [6.45, 7) is 2.27. The minimum Gasteiger partial charge on any atom is -0.493 e. The second-order valence-electron chi connectivity index (χ2n) is 3.53. The van der Waals surface area contributed by atoms with E-state index in [-0.39, 0.29) is 0 Å². The van der Waals surface area contributed by atoms with Crippen molar-refractivity contribution in [2.24, 2.45) is 10.8 Å². The van der Waals surface area contributed by atoms with E-state index >= 15 is 0 Å². The predicted octanol–water partition coefficient (Wildman–Crippen LogP) is 0.683. The third kappa shape index (κ3) is 4.13. The minimum atomic E-state index is -1.12. The number of nitrogens with one attached hydrogen (secondary N) is 1. The smallest absolute Gasteiger partial charge is 0.329 e. The van der Waals surface area contributed by atoms with Gasteiger partial charge in [0.1, 0.15) is 0 Å². The molecule has 0 aromatic heterocycles. The lowest BCUT2D eigenvalue weighted by atomic mass is 10.2. The standard InChI is InChI=1S/C12H14ClN3O4/c1-3-20-10-8(13)4-7(5-9(10)19-2)6-15-16-12(18)11(14)17/h4-6H,3H2,1-2H3,(H2,14,17)(H,16,18)/b15-6+. The number of amides is 2. The van der Waals surface area contributed by atoms with Crippen LogP contribution < -0.4 is 20.6 Å². The first-order chi connectivity index (χ1) is 9.49. The summed E-state index contributed by atoms with van der Waals surface area (Å²) in [6.07, 6.45) is 1.30. The number of ether oxygens (including phenoxy) is 2. The number of methoxy groups -OCH3 is 1. The topological polar surface area (TPSA) is 103 Å². The lowest BCUT2D eigenvalue weighted by Crippen LogP contribution is -2.32. The quantitative estimate of drug-likeness (QED) is 0.474. The fraction of sp³-hybridized carbons (Fsp3) is 0.250. The molecule has 0 radical (unpaired) electrons. The van der Waals surface area contributed by atoms with Gasteiger partial charge in [0, 0.05) is 0 Å². The Morgan fingerprint density at radius 1 is 1.50 bits per heavy atom. The average Bonchev–Trinajstić information content (AvgIpc) is 2.41. The van der Waals surface area contributed by atoms with Gasteiger partial charge in [-0.3, -0.25) is 9.59 Å². The molecule has 108 valence electrons. The lowest BCUT2D eigenvalue weighted by molar-refractivity contribution is -0.137. The van der Waals surface area contributed by atoms with Gasteiger partial charge in [0.2, 0.25) is 0 Å². The molecular weight excluding hydrogens is 286 g/mol. The highest BCUT2D eigenvalue weighted by atomic mass is 35.5. The summed E-state index contributed by atoms with van der Waals surface area (Å²) in [5.41, 5.74) is 7.28. The SMILES string of the molecule is CCOc1c(Cl)cc(/C=N/NC(=O)C(N)=O)cc1OC. The van der Waals surface area contributed by atoms with Gasteiger partial charge in [0.05, 0.1) is 25.0 Å². The molecule has 0 bridgehead atoms. The molecular formula is C12H14ClN3O4. The van der Waals surface area contributed by atoms with Gasteiger partial charge in [-0.05, 0) is 24.6 Å². The van der Waals surface area contributed by atoms with Crippen molar-refractivity contribution in [3.8, 4) is 11.5 Å². The van der Waals surface area contributed by atoms with Crippen molar-refractivity contribution in [1.82, 2.24) is 5.43 Å². The van der Waals surface area contributed by atoms with Gasteiger partial charge in [0.15, 0.2) is 11.5 Å². The van der Waals surface area contributed by atoms with Crippen LogP contribution in [-0.4, -0.2) is 31.7 Å². The fourth-order valence-electron chi connectivity index (χ4n) is 1.32. The molecule has 8 heteroatoms. The molecule has 1 aromatic rings. The first kappa shape index (κ1) is 15.8. The molecule has 3 N–H and O–H groups in total. The van der Waals surface area contributed by atoms with Crippen molar-refractivity contribution in [1.29, 1.82) is 0 Å². The van der Waals surface area contributed by atoms with Gasteiger partial charge in [0.25, 0.3) is 0 Å². The van der Waals surface area contributed by atoms with E-state index in [2.05, 4.69) is 5.10 Å². The molecule has 0 atom stereocenters. The third-order valence-corrected chi connectivity index (χ3v) is 2.42. The van der Waals surface area contributed by atoms with Crippen molar-refractivity contribution in [2.75, 3.05) is 13.7 Å². The lowest BCUT2D eigenvalue weighted by Gasteiger charge is -2.11. The maximum Gasteiger partial charge on any atom is 0.329 e. The Morgan fingerprint density at radius 3 is 2.75 bits per heavy atom. The number of nitrogens with two attached hydrogens (primary N) is 1. The van der Waals surface area contributed by atoms with Crippen LogP contribution in [-0.2, 0) is 9.59 Å². The van der Waals surface area contributed by atoms with E-state index in [1.807, 2.05) is 12.3 Å². The fourth-order valence-corrected chi connectivity index (χ4v) is 1.59. The van der Waals surface area contributed by atoms with E-state index < -0.39 is 11.8 Å². The number of carbonyl (C=O) groups excluding carboxylic acids is 2. The van der Waals surface area contributed by atoms with Crippen molar-refractivity contribution < 1.29 is 19.1 Å². The molecule has 1 aromatic carbocycles. The highest BCUT2D eigenvalue weighted by Gasteiger charge is 2.11. The second-order valence-corrected chi connectivity index (χ2v) is 3.94. The van der Waals surface area contributed by atoms with E-state index in [1.165, 1.54) is 13.3 Å². The number of carbonyl (C=O) groups is 2. The molecule has 0 fully saturated rings. The molecule has 0 saturated carbocycles. The number of rotatable bonds is 5. The van der Waals surface area contributed by atoms with E-state index in [9.17, 15) is 9.59 Å². The summed E-state index contributed by atoms with van der Waals surface area (Å²) in [5, 5.41) is 3.92. The number of hydrazone groups is 1. The molecule has 1 rings (SSSR count). The minimum absolute atomic E-state index is 0.342. The first-order valence-electron chi connectivity index (χ1n) is 5.62. The summed E-state index contributed by atoms with van der Waals surface area (Å²) < 4.78 is 10.5. The van der Waals surface area contributed by atoms with Crippen LogP contribution in [0.4, 0.5) is 0 Å². The van der Waals surface area contributed by atoms with Gasteiger partial charge >= 0.3 is 11.8 Å². The number of hydrogen-bond acceptors (Lipinski definition) is 5. The van der Waals surface area contributed by atoms with E-state index in [0.717, 1.165) is 0 Å². The zero-order valence-corrected chi connectivity index (χ0v) is 11.7. The summed E-state index contributed by atoms with van der Waals surface area (Å²) in [7, 11) is 1.48. The highest BCUT2D eigenvalue weighted by Crippen LogP contribution is 2.35. The largest absolute Gasteiger partial charge is 0.493 e. The van der Waals surface area contributed by atoms with Gasteiger partial charge in [-0.15, -0.1) is 0 Å². The summed E-state index contributed by atoms with van der Waals surface area (Å²) in [5.74, 6) is -1.27. The van der Waals surface area contributed by atoms with Crippen LogP contribution in [0.5, 0.6) is 11.5 Å². The molecule has 7 nitrogen and oxygen atoms in total. The maximum atomic E-state index is 10.9. The van der Waals surface area contributed by atoms with Gasteiger partial charge in [-0.25, -0.2) is 5.43 Å². The normalized spacial score (nSPS) is 10.3. The van der Waals surface area contributed by atoms with Crippen LogP contribution in [0.15, 0.2) is 17.2 Å². The van der Waals surface area contributed by atoms with Crippen LogP contribution in [0, 0.1) is 0 Å². The average molecular weight is 300 g/mol. The maximum absolute atomic E-state index is 10.9. The number of nitrogens with zero attached hydrogens (tertiary/aromatic N) is 1. The summed E-state index contributed by atoms with van der Waals surface area (Å²) in [4.78, 5) is 21.4. The zero-order chi connectivity index (χ0) is 15.1. The van der Waals surface area contributed by atoms with Crippen molar-refractivity contribution in [3.63, 3.8) is 0 Å². The predicted molar refractivity (Wildman–Crippen MR) is 74.1 cm³/mol. The number of benzene rings is 1. The molecule has 20 heavy (non-hydrogen) atoms. The molecule has 0 aliphatic rings. The third-order valence-electron chi connectivity index (χ3n) is 2.14. The zero-order valence-electron chi connectivity index (χ0n) is 11.0. The van der Waals surface area contributed by atoms with E-state index in [0.29, 0.717) is 28.7 Å². The Bertz CT molecular complexity index is 546. The van der Waals surface area contributed by atoms with Gasteiger partial charge in [-0.1, -0.05) is 11.6 Å². The number of hydrogen-bond donors (Lipinski definition) is 2. The summed E-state index contributed by atoms with van der Waals surface area (Å²) >= 11 is 6.06. The van der Waals surface area contributed by atoms with Crippen LogP contribution in [0.25, 0.3) is 0 Å². The van der Waals surface area contributed by atoms with Crippen molar-refractivity contribution >= 4 is 29.6 Å². The molecule has 0 aliphatic carbocycles. The molecule has 0 unspecified atom stereocenters. The Hall–Kier alpha value is -2.28. The Kier molecular flexibility index (Phi) is 5.79. The van der Waals surface area contributed by atoms with Crippen LogP contribution in [0.1, 0.15) is 12.5 Å². The summed E-state index contributed by atoms with van der Waals surface area (Å²) in [6, 6.07) is 3.20. The molecule has 0 spiro atoms. The molecule has 0 aliphatic heterocycles. The van der Waals surface area contributed by atoms with Crippen LogP contribution in [0.2, 0.25) is 5.02 Å².